The van der Waals surface area contributed by atoms with Crippen LogP contribution in [0.25, 0.3) is 17.2 Å². The third-order valence-electron chi connectivity index (χ3n) is 4.81. The first-order valence-corrected chi connectivity index (χ1v) is 13.0. The zero-order chi connectivity index (χ0) is 24.1. The van der Waals surface area contributed by atoms with E-state index in [4.69, 9.17) is 0 Å². The summed E-state index contributed by atoms with van der Waals surface area (Å²) in [4.78, 5) is 28.7. The number of aliphatic imine (C=N–C) groups is 1. The van der Waals surface area contributed by atoms with Gasteiger partial charge in [-0.2, -0.15) is 4.99 Å². The summed E-state index contributed by atoms with van der Waals surface area (Å²) >= 11 is 1.25. The Morgan fingerprint density at radius 1 is 0.941 bits per heavy atom. The van der Waals surface area contributed by atoms with E-state index in [2.05, 4.69) is 10.3 Å². The Labute approximate surface area is 202 Å². The summed E-state index contributed by atoms with van der Waals surface area (Å²) in [5.41, 5.74) is 4.49. The maximum Gasteiger partial charge on any atom is 0.286 e. The van der Waals surface area contributed by atoms with Crippen LogP contribution in [0.2, 0.25) is 0 Å². The summed E-state index contributed by atoms with van der Waals surface area (Å²) in [6.07, 6.45) is 2.68. The second-order valence-electron chi connectivity index (χ2n) is 7.62. The highest BCUT2D eigenvalue weighted by Crippen LogP contribution is 2.30. The van der Waals surface area contributed by atoms with E-state index in [0.29, 0.717) is 21.3 Å². The van der Waals surface area contributed by atoms with E-state index in [9.17, 15) is 18.0 Å². The van der Waals surface area contributed by atoms with Gasteiger partial charge in [0.05, 0.1) is 17.6 Å². The Morgan fingerprint density at radius 2 is 1.59 bits per heavy atom. The lowest BCUT2D eigenvalue weighted by Crippen LogP contribution is -2.30. The van der Waals surface area contributed by atoms with Crippen LogP contribution < -0.4 is 10.0 Å². The molecule has 1 aliphatic rings. The molecule has 0 saturated carbocycles. The Kier molecular flexibility index (Phi) is 6.95. The van der Waals surface area contributed by atoms with Gasteiger partial charge in [-0.15, -0.1) is 0 Å². The molecule has 0 atom stereocenters. The van der Waals surface area contributed by atoms with Crippen LogP contribution in [0.3, 0.4) is 0 Å². The number of hydrogen-bond acceptors (Lipinski definition) is 6. The highest BCUT2D eigenvalue weighted by molar-refractivity contribution is 8.18. The number of hydrogen-bond donors (Lipinski definition) is 2. The van der Waals surface area contributed by atoms with Crippen molar-refractivity contribution >= 4 is 50.5 Å². The number of benzene rings is 3. The van der Waals surface area contributed by atoms with Crippen molar-refractivity contribution in [2.75, 3.05) is 11.6 Å². The fourth-order valence-electron chi connectivity index (χ4n) is 3.27. The molecule has 0 aliphatic carbocycles. The Morgan fingerprint density at radius 3 is 2.24 bits per heavy atom. The lowest BCUT2D eigenvalue weighted by atomic mass is 10.0. The Balaban J connectivity index is 1.36. The fourth-order valence-corrected chi connectivity index (χ4v) is 4.59. The lowest BCUT2D eigenvalue weighted by Gasteiger charge is -2.07. The van der Waals surface area contributed by atoms with Crippen molar-refractivity contribution in [2.24, 2.45) is 4.99 Å². The largest absolute Gasteiger partial charge is 0.334 e. The van der Waals surface area contributed by atoms with E-state index in [1.54, 1.807) is 24.3 Å². The maximum atomic E-state index is 12.3. The van der Waals surface area contributed by atoms with Gasteiger partial charge in [0, 0.05) is 5.69 Å². The lowest BCUT2D eigenvalue weighted by molar-refractivity contribution is -0.118. The van der Waals surface area contributed by atoms with E-state index < -0.39 is 15.9 Å². The molecule has 3 aromatic carbocycles. The highest BCUT2D eigenvalue weighted by Gasteiger charge is 2.22. The molecule has 3 aromatic rings. The first-order chi connectivity index (χ1) is 16.2. The normalized spacial score (nSPS) is 14.7. The number of anilines is 1. The van der Waals surface area contributed by atoms with Crippen LogP contribution in [0.4, 0.5) is 5.69 Å². The average Bonchev–Trinajstić information content (AvgIpc) is 3.13. The topological polar surface area (TPSA) is 105 Å². The number of carbonyl (C=O) groups is 2. The minimum Gasteiger partial charge on any atom is -0.334 e. The van der Waals surface area contributed by atoms with Crippen LogP contribution in [0.1, 0.15) is 11.1 Å². The smallest absolute Gasteiger partial charge is 0.286 e. The number of nitrogens with one attached hydrogen (secondary N) is 2. The van der Waals surface area contributed by atoms with Crippen molar-refractivity contribution in [3.05, 3.63) is 94.9 Å². The molecule has 0 bridgehead atoms. The number of rotatable bonds is 6. The first kappa shape index (κ1) is 23.5. The van der Waals surface area contributed by atoms with E-state index in [1.807, 2.05) is 65.4 Å². The summed E-state index contributed by atoms with van der Waals surface area (Å²) in [6.45, 7) is 0. The van der Waals surface area contributed by atoms with Crippen LogP contribution in [0.5, 0.6) is 0 Å². The quantitative estimate of drug-likeness (QED) is 0.504. The molecule has 1 aliphatic heterocycles. The van der Waals surface area contributed by atoms with Gasteiger partial charge in [-0.25, -0.2) is 8.42 Å². The van der Waals surface area contributed by atoms with Crippen LogP contribution in [0.15, 0.2) is 88.8 Å². The van der Waals surface area contributed by atoms with Crippen molar-refractivity contribution in [3.8, 4) is 11.1 Å². The average molecular weight is 492 g/mol. The summed E-state index contributed by atoms with van der Waals surface area (Å²) in [7, 11) is -3.58. The SMILES string of the molecule is CS(=O)(=O)NC(=O)Cc1ccc(NC2=NC(=O)C(=Cc3ccc(-c4ccccc4)cc3)S2)cc1. The molecule has 0 spiro atoms. The van der Waals surface area contributed by atoms with E-state index >= 15 is 0 Å². The van der Waals surface area contributed by atoms with Gasteiger partial charge in [0.2, 0.25) is 15.9 Å². The van der Waals surface area contributed by atoms with Gasteiger partial charge in [0.25, 0.3) is 5.91 Å². The van der Waals surface area contributed by atoms with Gasteiger partial charge in [-0.3, -0.25) is 14.3 Å². The molecule has 1 heterocycles. The summed E-state index contributed by atoms with van der Waals surface area (Å²) in [6, 6.07) is 24.9. The Hall–Kier alpha value is -3.69. The van der Waals surface area contributed by atoms with Crippen molar-refractivity contribution in [3.63, 3.8) is 0 Å². The Bertz CT molecular complexity index is 1380. The zero-order valence-electron chi connectivity index (χ0n) is 18.2. The standard InChI is InChI=1S/C25H21N3O4S2/c1-34(31,32)28-23(29)16-18-9-13-21(14-10-18)26-25-27-24(30)22(33-25)15-17-7-11-20(12-8-17)19-5-3-2-4-6-19/h2-15H,16H2,1H3,(H,28,29)(H,26,27,30). The molecule has 34 heavy (non-hydrogen) atoms. The summed E-state index contributed by atoms with van der Waals surface area (Å²) in [5.74, 6) is -0.912. The number of thioether (sulfide) groups is 1. The summed E-state index contributed by atoms with van der Waals surface area (Å²) < 4.78 is 24.2. The van der Waals surface area contributed by atoms with Crippen molar-refractivity contribution in [1.29, 1.82) is 0 Å². The second kappa shape index (κ2) is 10.1. The molecular weight excluding hydrogens is 470 g/mol. The predicted octanol–water partition coefficient (Wildman–Crippen LogP) is 4.05. The van der Waals surface area contributed by atoms with Crippen LogP contribution in [-0.2, 0) is 26.0 Å². The third-order valence-corrected chi connectivity index (χ3v) is 6.30. The van der Waals surface area contributed by atoms with E-state index in [0.717, 1.165) is 22.9 Å². The van der Waals surface area contributed by atoms with Crippen LogP contribution in [0, 0.1) is 0 Å². The zero-order valence-corrected chi connectivity index (χ0v) is 19.8. The minimum atomic E-state index is -3.58. The minimum absolute atomic E-state index is 0.0581. The molecule has 9 heteroatoms. The molecule has 2 amide bonds. The molecule has 172 valence electrons. The molecule has 7 nitrogen and oxygen atoms in total. The van der Waals surface area contributed by atoms with E-state index in [-0.39, 0.29) is 12.3 Å². The molecule has 0 aromatic heterocycles. The predicted molar refractivity (Wildman–Crippen MR) is 137 cm³/mol. The maximum absolute atomic E-state index is 12.3. The number of nitrogens with zero attached hydrogens (tertiary/aromatic N) is 1. The van der Waals surface area contributed by atoms with Gasteiger partial charge in [0.15, 0.2) is 5.17 Å². The molecule has 0 saturated heterocycles. The molecule has 0 unspecified atom stereocenters. The van der Waals surface area contributed by atoms with Crippen molar-refractivity contribution in [1.82, 2.24) is 4.72 Å². The first-order valence-electron chi connectivity index (χ1n) is 10.3. The van der Waals surface area contributed by atoms with Gasteiger partial charge < -0.3 is 5.32 Å². The number of sulfonamides is 1. The summed E-state index contributed by atoms with van der Waals surface area (Å²) in [5, 5.41) is 3.55. The van der Waals surface area contributed by atoms with Gasteiger partial charge in [-0.05, 0) is 52.2 Å². The molecule has 0 radical (unpaired) electrons. The third kappa shape index (κ3) is 6.43. The van der Waals surface area contributed by atoms with Gasteiger partial charge in [0.1, 0.15) is 0 Å². The van der Waals surface area contributed by atoms with Crippen molar-refractivity contribution in [2.45, 2.75) is 6.42 Å². The number of amidine groups is 1. The van der Waals surface area contributed by atoms with Crippen LogP contribution >= 0.6 is 11.8 Å². The van der Waals surface area contributed by atoms with E-state index in [1.165, 1.54) is 11.8 Å². The molecule has 4 rings (SSSR count). The molecule has 0 fully saturated rings. The van der Waals surface area contributed by atoms with Crippen LogP contribution in [-0.4, -0.2) is 31.7 Å². The van der Waals surface area contributed by atoms with Gasteiger partial charge >= 0.3 is 0 Å². The number of amides is 2. The number of carbonyl (C=O) groups excluding carboxylic acids is 2. The molecular formula is C25H21N3O4S2. The second-order valence-corrected chi connectivity index (χ2v) is 10.4. The fraction of sp³-hybridized carbons (Fsp3) is 0.0800. The monoisotopic (exact) mass is 491 g/mol. The highest BCUT2D eigenvalue weighted by atomic mass is 32.2. The van der Waals surface area contributed by atoms with Gasteiger partial charge in [-0.1, -0.05) is 66.7 Å². The van der Waals surface area contributed by atoms with Crippen molar-refractivity contribution < 1.29 is 18.0 Å². The molecule has 2 N–H and O–H groups in total.